The summed E-state index contributed by atoms with van der Waals surface area (Å²) in [6.45, 7) is 0. The van der Waals surface area contributed by atoms with Gasteiger partial charge in [0.05, 0.1) is 4.92 Å². The maximum Gasteiger partial charge on any atom is 0.358 e. The van der Waals surface area contributed by atoms with E-state index >= 15 is 0 Å². The first-order valence-electron chi connectivity index (χ1n) is 4.50. The number of hydrogen-bond donors (Lipinski definition) is 2. The molecule has 1 aromatic heterocycles. The van der Waals surface area contributed by atoms with E-state index in [2.05, 4.69) is 4.98 Å². The van der Waals surface area contributed by atoms with Gasteiger partial charge in [0, 0.05) is 29.1 Å². The summed E-state index contributed by atoms with van der Waals surface area (Å²) in [7, 11) is 0. The van der Waals surface area contributed by atoms with Crippen molar-refractivity contribution < 1.29 is 19.9 Å². The van der Waals surface area contributed by atoms with Crippen molar-refractivity contribution in [1.82, 2.24) is 4.98 Å². The van der Waals surface area contributed by atoms with Crippen LogP contribution in [0, 0.1) is 10.1 Å². The molecule has 0 radical (unpaired) electrons. The zero-order chi connectivity index (χ0) is 12.6. The van der Waals surface area contributed by atoms with Crippen molar-refractivity contribution in [3.63, 3.8) is 0 Å². The molecule has 0 fully saturated rings. The summed E-state index contributed by atoms with van der Waals surface area (Å²) in [6.07, 6.45) is 1.17. The van der Waals surface area contributed by atoms with Crippen LogP contribution >= 0.6 is 0 Å². The number of rotatable bonds is 2. The van der Waals surface area contributed by atoms with Crippen molar-refractivity contribution in [2.24, 2.45) is 0 Å². The Bertz CT molecular complexity index is 638. The molecule has 0 aliphatic heterocycles. The number of aromatic hydroxyl groups is 1. The number of carboxylic acid groups (broad SMARTS) is 1. The lowest BCUT2D eigenvalue weighted by Gasteiger charge is -2.03. The molecule has 0 aliphatic carbocycles. The van der Waals surface area contributed by atoms with E-state index in [4.69, 9.17) is 5.11 Å². The minimum Gasteiger partial charge on any atom is -0.505 e. The average Bonchev–Trinajstić information content (AvgIpc) is 2.28. The van der Waals surface area contributed by atoms with Crippen molar-refractivity contribution in [3.8, 4) is 5.75 Å². The van der Waals surface area contributed by atoms with Crippen LogP contribution in [0.5, 0.6) is 5.75 Å². The fraction of sp³-hybridized carbons (Fsp3) is 0. The van der Waals surface area contributed by atoms with Crippen LogP contribution in [-0.4, -0.2) is 26.1 Å². The second kappa shape index (κ2) is 3.71. The van der Waals surface area contributed by atoms with Crippen LogP contribution in [0.25, 0.3) is 10.8 Å². The normalized spacial score (nSPS) is 10.4. The molecule has 17 heavy (non-hydrogen) atoms. The molecular formula is C10H6N2O5. The number of carbonyl (C=O) groups is 1. The smallest absolute Gasteiger partial charge is 0.358 e. The second-order valence-corrected chi connectivity index (χ2v) is 3.29. The number of benzene rings is 1. The van der Waals surface area contributed by atoms with E-state index in [0.29, 0.717) is 5.39 Å². The van der Waals surface area contributed by atoms with Gasteiger partial charge in [0.25, 0.3) is 5.69 Å². The molecule has 0 amide bonds. The number of carboxylic acids is 1. The molecule has 7 nitrogen and oxygen atoms in total. The van der Waals surface area contributed by atoms with Gasteiger partial charge in [0.2, 0.25) is 0 Å². The Labute approximate surface area is 94.1 Å². The Morgan fingerprint density at radius 2 is 2.12 bits per heavy atom. The Balaban J connectivity index is 2.72. The first-order valence-corrected chi connectivity index (χ1v) is 4.50. The molecule has 7 heteroatoms. The third kappa shape index (κ3) is 1.73. The maximum atomic E-state index is 10.7. The summed E-state index contributed by atoms with van der Waals surface area (Å²) in [5.74, 6) is -1.85. The molecule has 2 N–H and O–H groups in total. The van der Waals surface area contributed by atoms with Crippen LogP contribution in [0.15, 0.2) is 24.4 Å². The van der Waals surface area contributed by atoms with Gasteiger partial charge < -0.3 is 10.2 Å². The van der Waals surface area contributed by atoms with Crippen LogP contribution in [0.1, 0.15) is 10.5 Å². The van der Waals surface area contributed by atoms with Crippen molar-refractivity contribution >= 4 is 22.4 Å². The van der Waals surface area contributed by atoms with Crippen molar-refractivity contribution in [3.05, 3.63) is 40.2 Å². The van der Waals surface area contributed by atoms with Crippen LogP contribution in [0.4, 0.5) is 5.69 Å². The van der Waals surface area contributed by atoms with Crippen molar-refractivity contribution in [2.45, 2.75) is 0 Å². The molecule has 1 aromatic carbocycles. The largest absolute Gasteiger partial charge is 0.505 e. The number of nitro benzene ring substituents is 1. The number of hydrogen-bond acceptors (Lipinski definition) is 5. The number of fused-ring (bicyclic) bond motifs is 1. The number of nitro groups is 1. The predicted octanol–water partition coefficient (Wildman–Crippen LogP) is 1.55. The van der Waals surface area contributed by atoms with Crippen LogP contribution in [0.3, 0.4) is 0 Å². The highest BCUT2D eigenvalue weighted by Crippen LogP contribution is 2.29. The van der Waals surface area contributed by atoms with Gasteiger partial charge in [-0.05, 0) is 6.07 Å². The molecule has 0 aliphatic rings. The Kier molecular flexibility index (Phi) is 2.36. The first-order chi connectivity index (χ1) is 8.00. The fourth-order valence-corrected chi connectivity index (χ4v) is 1.47. The standard InChI is InChI=1S/C10H6N2O5/c13-9-7-2-1-6(12(16)17)3-5(7)4-11-8(9)10(14)15/h1-4,13H,(H,14,15). The lowest BCUT2D eigenvalue weighted by Crippen LogP contribution is -2.00. The highest BCUT2D eigenvalue weighted by molar-refractivity contribution is 5.98. The van der Waals surface area contributed by atoms with E-state index in [0.717, 1.165) is 0 Å². The number of non-ortho nitro benzene ring substituents is 1. The molecule has 0 saturated heterocycles. The van der Waals surface area contributed by atoms with Crippen LogP contribution in [0.2, 0.25) is 0 Å². The zero-order valence-corrected chi connectivity index (χ0v) is 8.32. The summed E-state index contributed by atoms with van der Waals surface area (Å²) in [6, 6.07) is 3.69. The van der Waals surface area contributed by atoms with Crippen molar-refractivity contribution in [1.29, 1.82) is 0 Å². The summed E-state index contributed by atoms with van der Waals surface area (Å²) < 4.78 is 0. The topological polar surface area (TPSA) is 114 Å². The van der Waals surface area contributed by atoms with E-state index in [-0.39, 0.29) is 11.1 Å². The maximum absolute atomic E-state index is 10.7. The van der Waals surface area contributed by atoms with E-state index in [1.807, 2.05) is 0 Å². The lowest BCUT2D eigenvalue weighted by molar-refractivity contribution is -0.384. The van der Waals surface area contributed by atoms with Crippen molar-refractivity contribution in [2.75, 3.05) is 0 Å². The summed E-state index contributed by atoms with van der Waals surface area (Å²) in [5.41, 5.74) is -0.631. The minimum absolute atomic E-state index is 0.151. The second-order valence-electron chi connectivity index (χ2n) is 3.29. The highest BCUT2D eigenvalue weighted by atomic mass is 16.6. The quantitative estimate of drug-likeness (QED) is 0.601. The highest BCUT2D eigenvalue weighted by Gasteiger charge is 2.16. The summed E-state index contributed by atoms with van der Waals surface area (Å²) in [4.78, 5) is 24.2. The van der Waals surface area contributed by atoms with Gasteiger partial charge in [-0.25, -0.2) is 9.78 Å². The average molecular weight is 234 g/mol. The van der Waals surface area contributed by atoms with Gasteiger partial charge in [-0.1, -0.05) is 0 Å². The van der Waals surface area contributed by atoms with Gasteiger partial charge in [-0.15, -0.1) is 0 Å². The first kappa shape index (κ1) is 10.8. The molecule has 2 rings (SSSR count). The Morgan fingerprint density at radius 1 is 1.41 bits per heavy atom. The number of pyridine rings is 1. The fourth-order valence-electron chi connectivity index (χ4n) is 1.47. The summed E-state index contributed by atoms with van der Waals surface area (Å²) >= 11 is 0. The molecule has 86 valence electrons. The van der Waals surface area contributed by atoms with E-state index in [9.17, 15) is 20.0 Å². The monoisotopic (exact) mass is 234 g/mol. The lowest BCUT2D eigenvalue weighted by atomic mass is 10.1. The molecule has 0 spiro atoms. The minimum atomic E-state index is -1.36. The van der Waals surface area contributed by atoms with Gasteiger partial charge in [0.1, 0.15) is 0 Å². The zero-order valence-electron chi connectivity index (χ0n) is 8.32. The predicted molar refractivity (Wildman–Crippen MR) is 57.0 cm³/mol. The molecule has 2 aromatic rings. The SMILES string of the molecule is O=C(O)c1ncc2cc([N+](=O)[O-])ccc2c1O. The van der Waals surface area contributed by atoms with E-state index in [1.54, 1.807) is 0 Å². The molecule has 0 bridgehead atoms. The Hall–Kier alpha value is -2.70. The number of nitrogens with zero attached hydrogens (tertiary/aromatic N) is 2. The van der Waals surface area contributed by atoms with Gasteiger partial charge >= 0.3 is 5.97 Å². The van der Waals surface area contributed by atoms with Gasteiger partial charge in [-0.3, -0.25) is 10.1 Å². The van der Waals surface area contributed by atoms with Gasteiger partial charge in [-0.2, -0.15) is 0 Å². The molecule has 0 unspecified atom stereocenters. The third-order valence-corrected chi connectivity index (χ3v) is 2.26. The van der Waals surface area contributed by atoms with Crippen LogP contribution in [-0.2, 0) is 0 Å². The number of aromatic nitrogens is 1. The Morgan fingerprint density at radius 3 is 2.71 bits per heavy atom. The summed E-state index contributed by atoms with van der Waals surface area (Å²) in [5, 5.41) is 29.4. The number of aromatic carboxylic acids is 1. The van der Waals surface area contributed by atoms with Crippen LogP contribution < -0.4 is 0 Å². The molecule has 0 atom stereocenters. The van der Waals surface area contributed by atoms with Gasteiger partial charge in [0.15, 0.2) is 11.4 Å². The molecule has 0 saturated carbocycles. The van der Waals surface area contributed by atoms with E-state index < -0.39 is 22.3 Å². The molecular weight excluding hydrogens is 228 g/mol. The molecule has 1 heterocycles. The third-order valence-electron chi connectivity index (χ3n) is 2.26. The van der Waals surface area contributed by atoms with E-state index in [1.165, 1.54) is 24.4 Å².